The number of hydrogen-bond donors (Lipinski definition) is 0. The average Bonchev–Trinajstić information content (AvgIpc) is 4.19. The van der Waals surface area contributed by atoms with E-state index < -0.39 is 0 Å². The van der Waals surface area contributed by atoms with Gasteiger partial charge in [-0.25, -0.2) is 0 Å². The molecule has 0 amide bonds. The van der Waals surface area contributed by atoms with Crippen molar-refractivity contribution in [3.8, 4) is 11.1 Å². The molecule has 1 fully saturated rings. The molecule has 2 atom stereocenters. The molecule has 6 heteroatoms. The van der Waals surface area contributed by atoms with E-state index in [4.69, 9.17) is 8.83 Å². The fraction of sp³-hybridized carbons (Fsp3) is 0.270. The zero-order valence-corrected chi connectivity index (χ0v) is 48.3. The molecular formula is C74H70BN3O2. The van der Waals surface area contributed by atoms with Gasteiger partial charge in [0.1, 0.15) is 22.3 Å². The third kappa shape index (κ3) is 6.96. The van der Waals surface area contributed by atoms with Crippen molar-refractivity contribution in [1.82, 2.24) is 0 Å². The number of fused-ring (bicyclic) bond motifs is 13. The Morgan fingerprint density at radius 3 is 1.70 bits per heavy atom. The summed E-state index contributed by atoms with van der Waals surface area (Å²) in [6, 6.07) is 67.0. The zero-order chi connectivity index (χ0) is 55.0. The van der Waals surface area contributed by atoms with Crippen LogP contribution in [0.2, 0.25) is 0 Å². The summed E-state index contributed by atoms with van der Waals surface area (Å²) in [5, 5.41) is 4.48. The van der Waals surface area contributed by atoms with Crippen LogP contribution in [-0.4, -0.2) is 12.3 Å². The van der Waals surface area contributed by atoms with Crippen LogP contribution in [0.25, 0.3) is 55.0 Å². The molecule has 15 rings (SSSR count). The van der Waals surface area contributed by atoms with Crippen LogP contribution < -0.4 is 31.1 Å². The van der Waals surface area contributed by atoms with Crippen molar-refractivity contribution in [2.24, 2.45) is 0 Å². The van der Waals surface area contributed by atoms with Gasteiger partial charge in [0, 0.05) is 67.3 Å². The molecule has 0 saturated heterocycles. The second kappa shape index (κ2) is 16.8. The van der Waals surface area contributed by atoms with E-state index in [9.17, 15) is 0 Å². The van der Waals surface area contributed by atoms with Crippen molar-refractivity contribution >= 4 is 112 Å². The van der Waals surface area contributed by atoms with E-state index in [1.165, 1.54) is 91.0 Å². The van der Waals surface area contributed by atoms with Crippen LogP contribution in [0, 0.1) is 0 Å². The van der Waals surface area contributed by atoms with E-state index in [0.29, 0.717) is 0 Å². The molecule has 80 heavy (non-hydrogen) atoms. The van der Waals surface area contributed by atoms with Crippen molar-refractivity contribution in [3.63, 3.8) is 0 Å². The molecular weight excluding hydrogens is 974 g/mol. The largest absolute Gasteiger partial charge is 0.456 e. The van der Waals surface area contributed by atoms with E-state index in [1.807, 2.05) is 0 Å². The number of hydrogen-bond acceptors (Lipinski definition) is 5. The van der Waals surface area contributed by atoms with Crippen LogP contribution in [0.1, 0.15) is 124 Å². The number of nitrogens with zero attached hydrogens (tertiary/aromatic N) is 3. The smallest absolute Gasteiger partial charge is 0.252 e. The summed E-state index contributed by atoms with van der Waals surface area (Å²) in [7, 11) is 0. The van der Waals surface area contributed by atoms with Crippen LogP contribution in [-0.2, 0) is 21.7 Å². The molecule has 0 bridgehead atoms. The lowest BCUT2D eigenvalue weighted by atomic mass is 9.33. The van der Waals surface area contributed by atoms with Gasteiger partial charge in [0.05, 0.1) is 22.3 Å². The zero-order valence-electron chi connectivity index (χ0n) is 48.3. The van der Waals surface area contributed by atoms with E-state index in [-0.39, 0.29) is 33.9 Å². The van der Waals surface area contributed by atoms with Crippen LogP contribution >= 0.6 is 0 Å². The van der Waals surface area contributed by atoms with Crippen LogP contribution in [0.15, 0.2) is 185 Å². The number of anilines is 8. The highest BCUT2D eigenvalue weighted by Crippen LogP contribution is 2.63. The summed E-state index contributed by atoms with van der Waals surface area (Å²) in [6.07, 6.45) is 4.62. The van der Waals surface area contributed by atoms with E-state index >= 15 is 0 Å². The highest BCUT2D eigenvalue weighted by Gasteiger charge is 2.58. The van der Waals surface area contributed by atoms with Gasteiger partial charge in [0.25, 0.3) is 6.71 Å². The standard InChI is InChI=1S/C74H70BN3O2/c1-70(2,3)46-30-33-57(52(38-46)45-22-13-12-14-23-45)76-61-44-67-53(50-24-15-17-27-64(50)80-67)43-56(61)75-55-40-48(72(7,8)9)32-35-59(55)77(60-26-21-29-66-68(60)51-25-16-18-28-65(51)79-66)63-42-49(41-62(76)69(63)75)78-58-34-31-47(71(4,5)6)39-54(58)73(10)36-19-20-37-74(73,78)11/h12-18,21-35,38-44H,19-20,36-37H2,1-11H3. The van der Waals surface area contributed by atoms with Gasteiger partial charge >= 0.3 is 0 Å². The van der Waals surface area contributed by atoms with Crippen LogP contribution in [0.3, 0.4) is 0 Å². The normalized spacial score (nSPS) is 18.7. The minimum Gasteiger partial charge on any atom is -0.456 e. The Hall–Kier alpha value is -7.96. The van der Waals surface area contributed by atoms with Gasteiger partial charge in [-0.3, -0.25) is 0 Å². The Bertz CT molecular complexity index is 4390. The molecule has 0 radical (unpaired) electrons. The van der Waals surface area contributed by atoms with E-state index in [0.717, 1.165) is 73.8 Å². The van der Waals surface area contributed by atoms with Gasteiger partial charge in [-0.05, 0) is 141 Å². The van der Waals surface area contributed by atoms with Gasteiger partial charge in [-0.1, -0.05) is 191 Å². The number of rotatable bonds is 4. The molecule has 0 spiro atoms. The minimum atomic E-state index is -0.217. The van der Waals surface area contributed by atoms with E-state index in [2.05, 4.69) is 267 Å². The highest BCUT2D eigenvalue weighted by molar-refractivity contribution is 7.00. The third-order valence-corrected chi connectivity index (χ3v) is 19.5. The molecule has 4 aliphatic rings. The van der Waals surface area contributed by atoms with Gasteiger partial charge in [-0.15, -0.1) is 0 Å². The van der Waals surface area contributed by atoms with Crippen LogP contribution in [0.4, 0.5) is 45.5 Å². The summed E-state index contributed by atoms with van der Waals surface area (Å²) < 4.78 is 13.7. The molecule has 1 saturated carbocycles. The topological polar surface area (TPSA) is 36.0 Å². The molecule has 0 N–H and O–H groups in total. The molecule has 2 aromatic heterocycles. The fourth-order valence-corrected chi connectivity index (χ4v) is 14.9. The predicted octanol–water partition coefficient (Wildman–Crippen LogP) is 18.9. The first kappa shape index (κ1) is 49.1. The van der Waals surface area contributed by atoms with E-state index in [1.54, 1.807) is 0 Å². The second-order valence-electron chi connectivity index (χ2n) is 27.3. The molecule has 2 unspecified atom stereocenters. The fourth-order valence-electron chi connectivity index (χ4n) is 14.9. The summed E-state index contributed by atoms with van der Waals surface area (Å²) in [5.41, 5.74) is 24.1. The maximum atomic E-state index is 6.96. The van der Waals surface area contributed by atoms with Crippen molar-refractivity contribution in [2.75, 3.05) is 14.7 Å². The highest BCUT2D eigenvalue weighted by atomic mass is 16.3. The van der Waals surface area contributed by atoms with Crippen molar-refractivity contribution in [2.45, 2.75) is 129 Å². The number of benzene rings is 9. The lowest BCUT2D eigenvalue weighted by molar-refractivity contribution is 0.195. The lowest BCUT2D eigenvalue weighted by Crippen LogP contribution is -2.61. The molecule has 1 aliphatic carbocycles. The quantitative estimate of drug-likeness (QED) is 0.164. The van der Waals surface area contributed by atoms with Gasteiger partial charge < -0.3 is 23.5 Å². The Morgan fingerprint density at radius 2 is 0.988 bits per heavy atom. The predicted molar refractivity (Wildman–Crippen MR) is 339 cm³/mol. The van der Waals surface area contributed by atoms with Crippen molar-refractivity contribution in [3.05, 3.63) is 198 Å². The minimum absolute atomic E-state index is 0.00601. The number of furan rings is 2. The van der Waals surface area contributed by atoms with Gasteiger partial charge in [0.15, 0.2) is 0 Å². The molecule has 5 heterocycles. The Kier molecular flexibility index (Phi) is 10.3. The maximum absolute atomic E-state index is 6.96. The summed E-state index contributed by atoms with van der Waals surface area (Å²) in [4.78, 5) is 8.08. The van der Waals surface area contributed by atoms with Gasteiger partial charge in [0.2, 0.25) is 0 Å². The SMILES string of the molecule is CC(C)(C)c1ccc2c(c1)B1c3cc4c(cc3N(c3ccc(C(C)(C)C)cc3-c3ccccc3)c3cc(N5c6ccc(C(C)(C)C)cc6C6(C)CCCCC56C)cc(c31)N2c1cccc2oc3ccccc3c12)oc1ccccc14. The number of para-hydroxylation sites is 2. The second-order valence-corrected chi connectivity index (χ2v) is 27.3. The molecule has 396 valence electrons. The average molecular weight is 1040 g/mol. The first-order chi connectivity index (χ1) is 38.3. The van der Waals surface area contributed by atoms with Crippen molar-refractivity contribution in [1.29, 1.82) is 0 Å². The van der Waals surface area contributed by atoms with Crippen molar-refractivity contribution < 1.29 is 8.83 Å². The Labute approximate surface area is 471 Å². The summed E-state index contributed by atoms with van der Waals surface area (Å²) >= 11 is 0. The van der Waals surface area contributed by atoms with Gasteiger partial charge in [-0.2, -0.15) is 0 Å². The first-order valence-corrected chi connectivity index (χ1v) is 29.2. The molecule has 5 nitrogen and oxygen atoms in total. The summed E-state index contributed by atoms with van der Waals surface area (Å²) in [6.45, 7) is 26.1. The Balaban J connectivity index is 1.13. The maximum Gasteiger partial charge on any atom is 0.252 e. The monoisotopic (exact) mass is 1040 g/mol. The molecule has 3 aliphatic heterocycles. The lowest BCUT2D eigenvalue weighted by Gasteiger charge is -2.51. The Morgan fingerprint density at radius 1 is 0.425 bits per heavy atom. The summed E-state index contributed by atoms with van der Waals surface area (Å²) in [5.74, 6) is 0. The van der Waals surface area contributed by atoms with Crippen LogP contribution in [0.5, 0.6) is 0 Å². The third-order valence-electron chi connectivity index (χ3n) is 19.5. The molecule has 11 aromatic rings. The molecule has 9 aromatic carbocycles. The first-order valence-electron chi connectivity index (χ1n) is 29.2.